The molecule has 0 unspecified atom stereocenters. The van der Waals surface area contributed by atoms with Crippen molar-refractivity contribution in [1.82, 2.24) is 14.6 Å². The van der Waals surface area contributed by atoms with Gasteiger partial charge in [0.25, 0.3) is 0 Å². The van der Waals surface area contributed by atoms with Crippen LogP contribution in [0.5, 0.6) is 0 Å². The number of rotatable bonds is 6. The minimum atomic E-state index is -3.75. The fourth-order valence-electron chi connectivity index (χ4n) is 3.99. The van der Waals surface area contributed by atoms with Crippen molar-refractivity contribution in [2.45, 2.75) is 30.3 Å². The maximum atomic E-state index is 13.5. The SMILES string of the molecule is O=C(NCc1cccnc1)[C@@H]1CC[C@H](c2ccccc2)N(S(=O)(=O)c2ccccc2)C1. The van der Waals surface area contributed by atoms with Gasteiger partial charge >= 0.3 is 0 Å². The number of nitrogens with one attached hydrogen (secondary N) is 1. The molecule has 0 radical (unpaired) electrons. The Bertz CT molecular complexity index is 1110. The lowest BCUT2D eigenvalue weighted by Gasteiger charge is -2.38. The van der Waals surface area contributed by atoms with Gasteiger partial charge in [0.2, 0.25) is 15.9 Å². The molecular weight excluding hydrogens is 410 g/mol. The van der Waals surface area contributed by atoms with Crippen LogP contribution < -0.4 is 5.32 Å². The van der Waals surface area contributed by atoms with Crippen molar-refractivity contribution in [3.8, 4) is 0 Å². The Morgan fingerprint density at radius 2 is 1.68 bits per heavy atom. The second-order valence-electron chi connectivity index (χ2n) is 7.67. The Kier molecular flexibility index (Phi) is 6.44. The van der Waals surface area contributed by atoms with Crippen LogP contribution in [-0.4, -0.2) is 30.2 Å². The molecule has 0 spiro atoms. The van der Waals surface area contributed by atoms with Crippen molar-refractivity contribution in [1.29, 1.82) is 0 Å². The summed E-state index contributed by atoms with van der Waals surface area (Å²) in [5.41, 5.74) is 1.85. The molecule has 0 bridgehead atoms. The zero-order valence-corrected chi connectivity index (χ0v) is 17.9. The van der Waals surface area contributed by atoms with Gasteiger partial charge in [-0.25, -0.2) is 8.42 Å². The van der Waals surface area contributed by atoms with Gasteiger partial charge in [0, 0.05) is 25.5 Å². The topological polar surface area (TPSA) is 79.4 Å². The number of nitrogens with zero attached hydrogens (tertiary/aromatic N) is 2. The molecular formula is C24H25N3O3S. The number of hydrogen-bond donors (Lipinski definition) is 1. The molecule has 6 nitrogen and oxygen atoms in total. The molecule has 1 aliphatic rings. The number of pyridine rings is 1. The summed E-state index contributed by atoms with van der Waals surface area (Å²) in [6, 6.07) is 21.5. The van der Waals surface area contributed by atoms with Gasteiger partial charge in [0.15, 0.2) is 0 Å². The number of piperidine rings is 1. The van der Waals surface area contributed by atoms with Crippen molar-refractivity contribution in [2.75, 3.05) is 6.54 Å². The van der Waals surface area contributed by atoms with Crippen LogP contribution in [0.15, 0.2) is 90.1 Å². The van der Waals surface area contributed by atoms with E-state index in [9.17, 15) is 13.2 Å². The minimum absolute atomic E-state index is 0.136. The van der Waals surface area contributed by atoms with E-state index >= 15 is 0 Å². The maximum Gasteiger partial charge on any atom is 0.243 e. The second kappa shape index (κ2) is 9.41. The summed E-state index contributed by atoms with van der Waals surface area (Å²) in [6.45, 7) is 0.520. The van der Waals surface area contributed by atoms with E-state index < -0.39 is 15.9 Å². The van der Waals surface area contributed by atoms with E-state index in [2.05, 4.69) is 10.3 Å². The molecule has 1 fully saturated rings. The van der Waals surface area contributed by atoms with E-state index in [-0.39, 0.29) is 23.4 Å². The maximum absolute atomic E-state index is 13.5. The summed E-state index contributed by atoms with van der Waals surface area (Å²) in [7, 11) is -3.75. The Morgan fingerprint density at radius 3 is 2.35 bits per heavy atom. The third kappa shape index (κ3) is 4.84. The van der Waals surface area contributed by atoms with Crippen molar-refractivity contribution < 1.29 is 13.2 Å². The number of benzene rings is 2. The molecule has 2 aromatic carbocycles. The Labute approximate surface area is 183 Å². The van der Waals surface area contributed by atoms with Crippen LogP contribution in [0.3, 0.4) is 0 Å². The summed E-state index contributed by atoms with van der Waals surface area (Å²) in [4.78, 5) is 17.2. The van der Waals surface area contributed by atoms with Gasteiger partial charge in [0.1, 0.15) is 0 Å². The van der Waals surface area contributed by atoms with E-state index in [1.54, 1.807) is 42.7 Å². The van der Waals surface area contributed by atoms with Crippen molar-refractivity contribution in [3.05, 3.63) is 96.3 Å². The van der Waals surface area contributed by atoms with Crippen LogP contribution in [0.25, 0.3) is 0 Å². The third-order valence-electron chi connectivity index (χ3n) is 5.63. The first kappa shape index (κ1) is 21.2. The van der Waals surface area contributed by atoms with Crippen molar-refractivity contribution >= 4 is 15.9 Å². The van der Waals surface area contributed by atoms with Crippen LogP contribution in [-0.2, 0) is 21.4 Å². The number of carbonyl (C=O) groups is 1. The largest absolute Gasteiger partial charge is 0.352 e. The van der Waals surface area contributed by atoms with Gasteiger partial charge in [-0.05, 0) is 42.2 Å². The molecule has 160 valence electrons. The van der Waals surface area contributed by atoms with E-state index in [1.807, 2.05) is 42.5 Å². The standard InChI is InChI=1S/C24H25N3O3S/c28-24(26-17-19-8-7-15-25-16-19)21-13-14-23(20-9-3-1-4-10-20)27(18-21)31(29,30)22-11-5-2-6-12-22/h1-12,15-16,21,23H,13-14,17-18H2,(H,26,28)/t21-,23-/m1/s1. The zero-order chi connectivity index (χ0) is 21.7. The molecule has 0 saturated carbocycles. The van der Waals surface area contributed by atoms with Gasteiger partial charge in [-0.1, -0.05) is 54.6 Å². The minimum Gasteiger partial charge on any atom is -0.352 e. The Hall–Kier alpha value is -3.03. The second-order valence-corrected chi connectivity index (χ2v) is 9.56. The highest BCUT2D eigenvalue weighted by molar-refractivity contribution is 7.89. The van der Waals surface area contributed by atoms with E-state index in [0.29, 0.717) is 19.4 Å². The Morgan fingerprint density at radius 1 is 0.968 bits per heavy atom. The first-order chi connectivity index (χ1) is 15.1. The smallest absolute Gasteiger partial charge is 0.243 e. The number of sulfonamides is 1. The lowest BCUT2D eigenvalue weighted by molar-refractivity contribution is -0.126. The first-order valence-electron chi connectivity index (χ1n) is 10.3. The van der Waals surface area contributed by atoms with Crippen molar-refractivity contribution in [2.24, 2.45) is 5.92 Å². The molecule has 1 amide bonds. The van der Waals surface area contributed by atoms with Gasteiger partial charge in [-0.2, -0.15) is 4.31 Å². The molecule has 1 aliphatic heterocycles. The van der Waals surface area contributed by atoms with Gasteiger partial charge in [-0.3, -0.25) is 9.78 Å². The number of hydrogen-bond acceptors (Lipinski definition) is 4. The Balaban J connectivity index is 1.57. The summed E-state index contributed by atoms with van der Waals surface area (Å²) in [6.07, 6.45) is 4.60. The van der Waals surface area contributed by atoms with Crippen molar-refractivity contribution in [3.63, 3.8) is 0 Å². The van der Waals surface area contributed by atoms with E-state index in [1.165, 1.54) is 4.31 Å². The molecule has 1 N–H and O–H groups in total. The summed E-state index contributed by atoms with van der Waals surface area (Å²) < 4.78 is 28.5. The lowest BCUT2D eigenvalue weighted by atomic mass is 9.90. The number of aromatic nitrogens is 1. The fraction of sp³-hybridized carbons (Fsp3) is 0.250. The van der Waals surface area contributed by atoms with E-state index in [4.69, 9.17) is 0 Å². The fourth-order valence-corrected chi connectivity index (χ4v) is 5.70. The average molecular weight is 436 g/mol. The monoisotopic (exact) mass is 435 g/mol. The van der Waals surface area contributed by atoms with E-state index in [0.717, 1.165) is 11.1 Å². The predicted octanol–water partition coefficient (Wildman–Crippen LogP) is 3.54. The molecule has 2 heterocycles. The highest BCUT2D eigenvalue weighted by atomic mass is 32.2. The summed E-state index contributed by atoms with van der Waals surface area (Å²) >= 11 is 0. The molecule has 1 aromatic heterocycles. The van der Waals surface area contributed by atoms with Crippen LogP contribution in [0.1, 0.15) is 30.0 Å². The number of amides is 1. The first-order valence-corrected chi connectivity index (χ1v) is 11.8. The molecule has 1 saturated heterocycles. The van der Waals surface area contributed by atoms with Crippen LogP contribution in [0.2, 0.25) is 0 Å². The normalized spacial score (nSPS) is 19.6. The molecule has 7 heteroatoms. The quantitative estimate of drug-likeness (QED) is 0.642. The van der Waals surface area contributed by atoms with Gasteiger partial charge in [0.05, 0.1) is 16.9 Å². The average Bonchev–Trinajstić information content (AvgIpc) is 2.84. The lowest BCUT2D eigenvalue weighted by Crippen LogP contribution is -2.46. The third-order valence-corrected chi connectivity index (χ3v) is 7.52. The van der Waals surface area contributed by atoms with Crippen LogP contribution >= 0.6 is 0 Å². The van der Waals surface area contributed by atoms with Gasteiger partial charge < -0.3 is 5.32 Å². The zero-order valence-electron chi connectivity index (χ0n) is 17.1. The molecule has 4 rings (SSSR count). The van der Waals surface area contributed by atoms with Crippen LogP contribution in [0, 0.1) is 5.92 Å². The van der Waals surface area contributed by atoms with Gasteiger partial charge in [-0.15, -0.1) is 0 Å². The summed E-state index contributed by atoms with van der Waals surface area (Å²) in [5.74, 6) is -0.543. The highest BCUT2D eigenvalue weighted by Gasteiger charge is 2.39. The molecule has 31 heavy (non-hydrogen) atoms. The molecule has 2 atom stereocenters. The molecule has 3 aromatic rings. The predicted molar refractivity (Wildman–Crippen MR) is 118 cm³/mol. The number of carbonyl (C=O) groups excluding carboxylic acids is 1. The van der Waals surface area contributed by atoms with Crippen LogP contribution in [0.4, 0.5) is 0 Å². The molecule has 0 aliphatic carbocycles. The highest BCUT2D eigenvalue weighted by Crippen LogP contribution is 2.37. The summed E-state index contributed by atoms with van der Waals surface area (Å²) in [5, 5.41) is 2.93.